The van der Waals surface area contributed by atoms with E-state index in [0.29, 0.717) is 40.0 Å². The standard InChI is InChI=1S/C43H58Cl2N4O4/c1-8-9-10-11-12-13-14-15-16-17-18-19-20-21-39(50)46-37-27-35(45)38(28-34(37)44)48-42(51)41(47-36-23-22-33(49(5)6)26-29(36)2)40-30(3)24-32(25-31(40)4)43(52)53-7/h22-28H,8-21H2,1-7H3,(H,46,50)(H,48,51). The fourth-order valence-corrected chi connectivity index (χ4v) is 6.81. The molecule has 0 aliphatic rings. The Balaban J connectivity index is 1.67. The lowest BCUT2D eigenvalue weighted by atomic mass is 9.94. The van der Waals surface area contributed by atoms with Gasteiger partial charge in [0.05, 0.1) is 39.8 Å². The zero-order valence-electron chi connectivity index (χ0n) is 32.7. The van der Waals surface area contributed by atoms with Crippen LogP contribution >= 0.6 is 23.2 Å². The molecule has 0 aromatic heterocycles. The van der Waals surface area contributed by atoms with Gasteiger partial charge in [-0.1, -0.05) is 107 Å². The van der Waals surface area contributed by atoms with Crippen molar-refractivity contribution in [1.29, 1.82) is 0 Å². The van der Waals surface area contributed by atoms with E-state index in [0.717, 1.165) is 30.5 Å². The van der Waals surface area contributed by atoms with Crippen molar-refractivity contribution in [1.82, 2.24) is 0 Å². The van der Waals surface area contributed by atoms with Gasteiger partial charge in [0.2, 0.25) is 5.91 Å². The number of nitrogens with one attached hydrogen (secondary N) is 2. The smallest absolute Gasteiger partial charge is 0.337 e. The summed E-state index contributed by atoms with van der Waals surface area (Å²) in [6, 6.07) is 12.2. The van der Waals surface area contributed by atoms with Crippen LogP contribution in [-0.4, -0.2) is 44.7 Å². The van der Waals surface area contributed by atoms with Crippen molar-refractivity contribution in [3.05, 3.63) is 80.3 Å². The Morgan fingerprint density at radius 1 is 0.698 bits per heavy atom. The zero-order chi connectivity index (χ0) is 38.9. The van der Waals surface area contributed by atoms with Gasteiger partial charge in [-0.2, -0.15) is 0 Å². The average molecular weight is 766 g/mol. The lowest BCUT2D eigenvalue weighted by molar-refractivity contribution is -0.116. The number of anilines is 3. The average Bonchev–Trinajstić information content (AvgIpc) is 3.11. The molecule has 3 aromatic rings. The quantitative estimate of drug-likeness (QED) is 0.0639. The van der Waals surface area contributed by atoms with Crippen molar-refractivity contribution >= 4 is 69.4 Å². The molecule has 53 heavy (non-hydrogen) atoms. The highest BCUT2D eigenvalue weighted by Crippen LogP contribution is 2.34. The highest BCUT2D eigenvalue weighted by Gasteiger charge is 2.23. The summed E-state index contributed by atoms with van der Waals surface area (Å²) in [6.07, 6.45) is 16.5. The SMILES string of the molecule is CCCCCCCCCCCCCCCC(=O)Nc1cc(Cl)c(NC(=O)C(=Nc2ccc(N(C)C)cc2C)c2c(C)cc(C(=O)OC)cc2C)cc1Cl. The minimum Gasteiger partial charge on any atom is -0.465 e. The Morgan fingerprint density at radius 3 is 1.70 bits per heavy atom. The van der Waals surface area contributed by atoms with Crippen LogP contribution in [0.5, 0.6) is 0 Å². The predicted octanol–water partition coefficient (Wildman–Crippen LogP) is 12.0. The van der Waals surface area contributed by atoms with E-state index in [9.17, 15) is 14.4 Å². The molecule has 0 atom stereocenters. The first-order valence-corrected chi connectivity index (χ1v) is 19.8. The van der Waals surface area contributed by atoms with Gasteiger partial charge in [0.25, 0.3) is 5.91 Å². The second-order valence-corrected chi connectivity index (χ2v) is 14.9. The normalized spacial score (nSPS) is 11.4. The molecule has 0 spiro atoms. The Hall–Kier alpha value is -3.88. The molecule has 0 unspecified atom stereocenters. The minimum absolute atomic E-state index is 0.130. The van der Waals surface area contributed by atoms with Gasteiger partial charge in [-0.3, -0.25) is 9.59 Å². The molecular formula is C43H58Cl2N4O4. The fourth-order valence-electron chi connectivity index (χ4n) is 6.39. The summed E-state index contributed by atoms with van der Waals surface area (Å²) in [5, 5.41) is 6.21. The number of nitrogens with zero attached hydrogens (tertiary/aromatic N) is 2. The van der Waals surface area contributed by atoms with Crippen molar-refractivity contribution < 1.29 is 19.1 Å². The highest BCUT2D eigenvalue weighted by molar-refractivity contribution is 6.50. The van der Waals surface area contributed by atoms with E-state index >= 15 is 0 Å². The number of carbonyl (C=O) groups is 3. The molecule has 0 fully saturated rings. The van der Waals surface area contributed by atoms with Crippen molar-refractivity contribution in [2.24, 2.45) is 4.99 Å². The topological polar surface area (TPSA) is 100 Å². The number of amides is 2. The molecular weight excluding hydrogens is 707 g/mol. The van der Waals surface area contributed by atoms with Crippen LogP contribution in [0.1, 0.15) is 129 Å². The van der Waals surface area contributed by atoms with Crippen LogP contribution in [0.4, 0.5) is 22.7 Å². The van der Waals surface area contributed by atoms with Crippen LogP contribution in [-0.2, 0) is 14.3 Å². The number of carbonyl (C=O) groups excluding carboxylic acids is 3. The summed E-state index contributed by atoms with van der Waals surface area (Å²) in [7, 11) is 5.24. The molecule has 3 aromatic carbocycles. The predicted molar refractivity (Wildman–Crippen MR) is 223 cm³/mol. The van der Waals surface area contributed by atoms with E-state index in [1.165, 1.54) is 77.4 Å². The summed E-state index contributed by atoms with van der Waals surface area (Å²) in [4.78, 5) is 46.0. The number of benzene rings is 3. The van der Waals surface area contributed by atoms with Gasteiger partial charge in [-0.15, -0.1) is 0 Å². The highest BCUT2D eigenvalue weighted by atomic mass is 35.5. The number of aryl methyl sites for hydroxylation is 3. The number of halogens is 2. The Morgan fingerprint density at radius 2 is 1.21 bits per heavy atom. The van der Waals surface area contributed by atoms with Crippen LogP contribution in [0.15, 0.2) is 47.5 Å². The maximum Gasteiger partial charge on any atom is 0.337 e. The molecule has 3 rings (SSSR count). The molecule has 2 amide bonds. The number of hydrogen-bond donors (Lipinski definition) is 2. The third kappa shape index (κ3) is 13.8. The summed E-state index contributed by atoms with van der Waals surface area (Å²) in [5.74, 6) is -1.12. The van der Waals surface area contributed by atoms with E-state index in [1.807, 2.05) is 58.0 Å². The number of methoxy groups -OCH3 is 1. The molecule has 2 N–H and O–H groups in total. The molecule has 8 nitrogen and oxygen atoms in total. The van der Waals surface area contributed by atoms with Crippen LogP contribution in [0, 0.1) is 20.8 Å². The first-order chi connectivity index (χ1) is 25.4. The molecule has 0 radical (unpaired) electrons. The van der Waals surface area contributed by atoms with E-state index in [4.69, 9.17) is 32.9 Å². The van der Waals surface area contributed by atoms with E-state index in [1.54, 1.807) is 18.2 Å². The van der Waals surface area contributed by atoms with Gasteiger partial charge in [-0.05, 0) is 86.3 Å². The Bertz CT molecular complexity index is 1710. The van der Waals surface area contributed by atoms with Gasteiger partial charge < -0.3 is 20.3 Å². The number of rotatable bonds is 21. The first-order valence-electron chi connectivity index (χ1n) is 19.0. The lowest BCUT2D eigenvalue weighted by Gasteiger charge is -2.17. The van der Waals surface area contributed by atoms with Crippen LogP contribution in [0.25, 0.3) is 0 Å². The summed E-state index contributed by atoms with van der Waals surface area (Å²) < 4.78 is 4.92. The maximum absolute atomic E-state index is 14.1. The van der Waals surface area contributed by atoms with Crippen LogP contribution in [0.2, 0.25) is 10.0 Å². The number of hydrogen-bond acceptors (Lipinski definition) is 6. The molecule has 0 bridgehead atoms. The van der Waals surface area contributed by atoms with Gasteiger partial charge in [0.1, 0.15) is 5.71 Å². The first kappa shape index (κ1) is 43.5. The van der Waals surface area contributed by atoms with Crippen molar-refractivity contribution in [2.45, 2.75) is 118 Å². The van der Waals surface area contributed by atoms with Crippen molar-refractivity contribution in [2.75, 3.05) is 36.7 Å². The van der Waals surface area contributed by atoms with Crippen LogP contribution in [0.3, 0.4) is 0 Å². The third-order valence-electron chi connectivity index (χ3n) is 9.42. The second kappa shape index (κ2) is 22.4. The molecule has 10 heteroatoms. The second-order valence-electron chi connectivity index (χ2n) is 14.1. The number of aliphatic imine (C=N–C) groups is 1. The van der Waals surface area contributed by atoms with Crippen molar-refractivity contribution in [3.8, 4) is 0 Å². The summed E-state index contributed by atoms with van der Waals surface area (Å²) in [6.45, 7) is 7.82. The van der Waals surface area contributed by atoms with E-state index in [-0.39, 0.29) is 27.4 Å². The number of unbranched alkanes of at least 4 members (excludes halogenated alkanes) is 12. The number of esters is 1. The molecule has 0 aliphatic carbocycles. The third-order valence-corrected chi connectivity index (χ3v) is 10.0. The fraction of sp³-hybridized carbons (Fsp3) is 0.488. The molecule has 0 saturated heterocycles. The number of ether oxygens (including phenoxy) is 1. The molecule has 0 saturated carbocycles. The molecule has 0 aliphatic heterocycles. The lowest BCUT2D eigenvalue weighted by Crippen LogP contribution is -2.26. The largest absolute Gasteiger partial charge is 0.465 e. The van der Waals surface area contributed by atoms with Gasteiger partial charge in [0, 0.05) is 31.8 Å². The molecule has 288 valence electrons. The monoisotopic (exact) mass is 764 g/mol. The van der Waals surface area contributed by atoms with Crippen molar-refractivity contribution in [3.63, 3.8) is 0 Å². The summed E-state index contributed by atoms with van der Waals surface area (Å²) >= 11 is 13.3. The van der Waals surface area contributed by atoms with Gasteiger partial charge >= 0.3 is 5.97 Å². The van der Waals surface area contributed by atoms with Gasteiger partial charge in [0.15, 0.2) is 0 Å². The minimum atomic E-state index is -0.518. The van der Waals surface area contributed by atoms with Gasteiger partial charge in [-0.25, -0.2) is 9.79 Å². The maximum atomic E-state index is 14.1. The van der Waals surface area contributed by atoms with Crippen LogP contribution < -0.4 is 15.5 Å². The van der Waals surface area contributed by atoms with E-state index < -0.39 is 11.9 Å². The Kier molecular flexibility index (Phi) is 18.4. The molecule has 0 heterocycles. The summed E-state index contributed by atoms with van der Waals surface area (Å²) in [5.41, 5.74) is 5.57. The Labute approximate surface area is 327 Å². The van der Waals surface area contributed by atoms with E-state index in [2.05, 4.69) is 17.6 Å². The zero-order valence-corrected chi connectivity index (χ0v) is 34.2.